The summed E-state index contributed by atoms with van der Waals surface area (Å²) in [6, 6.07) is 7.96. The van der Waals surface area contributed by atoms with Crippen LogP contribution in [0, 0.1) is 11.3 Å². The van der Waals surface area contributed by atoms with Crippen LogP contribution in [0.15, 0.2) is 30.6 Å². The first kappa shape index (κ1) is 14.5. The molecular weight excluding hydrogens is 276 g/mol. The van der Waals surface area contributed by atoms with Crippen molar-refractivity contribution >= 4 is 5.82 Å². The molecule has 5 nitrogen and oxygen atoms in total. The molecule has 0 unspecified atom stereocenters. The van der Waals surface area contributed by atoms with Gasteiger partial charge in [-0.25, -0.2) is 4.98 Å². The van der Waals surface area contributed by atoms with Gasteiger partial charge in [0.15, 0.2) is 0 Å². The first-order chi connectivity index (χ1) is 10.6. The molecule has 2 aromatic rings. The van der Waals surface area contributed by atoms with E-state index in [0.29, 0.717) is 24.5 Å². The highest BCUT2D eigenvalue weighted by molar-refractivity contribution is 5.54. The molecule has 1 aliphatic rings. The average molecular weight is 294 g/mol. The van der Waals surface area contributed by atoms with Gasteiger partial charge in [-0.15, -0.1) is 0 Å². The highest BCUT2D eigenvalue weighted by Crippen LogP contribution is 2.29. The fourth-order valence-electron chi connectivity index (χ4n) is 2.51. The molecule has 0 bridgehead atoms. The zero-order chi connectivity index (χ0) is 15.6. The minimum absolute atomic E-state index is 0.214. The number of nitrogens with zero attached hydrogens (tertiary/aromatic N) is 3. The third-order valence-corrected chi connectivity index (χ3v) is 3.71. The quantitative estimate of drug-likeness (QED) is 0.942. The van der Waals surface area contributed by atoms with Crippen LogP contribution in [0.3, 0.4) is 0 Å². The second-order valence-corrected chi connectivity index (χ2v) is 6.04. The van der Waals surface area contributed by atoms with Crippen LogP contribution in [-0.4, -0.2) is 15.6 Å². The first-order valence-electron chi connectivity index (χ1n) is 7.27. The molecule has 0 spiro atoms. The Morgan fingerprint density at radius 3 is 3.05 bits per heavy atom. The zero-order valence-electron chi connectivity index (χ0n) is 12.8. The van der Waals surface area contributed by atoms with Gasteiger partial charge in [0.25, 0.3) is 0 Å². The number of nitriles is 1. The van der Waals surface area contributed by atoms with E-state index in [4.69, 9.17) is 4.74 Å². The normalized spacial score (nSPS) is 15.7. The lowest BCUT2D eigenvalue weighted by Crippen LogP contribution is -2.32. The van der Waals surface area contributed by atoms with Gasteiger partial charge in [-0.1, -0.05) is 6.07 Å². The molecule has 0 atom stereocenters. The van der Waals surface area contributed by atoms with E-state index in [1.165, 1.54) is 0 Å². The SMILES string of the molecule is CC1(C)Cc2nc(NCc3cccnc3)c(C#N)cc2CO1. The fraction of sp³-hybridized carbons (Fsp3) is 0.353. The number of nitrogens with one attached hydrogen (secondary N) is 1. The molecule has 112 valence electrons. The maximum Gasteiger partial charge on any atom is 0.144 e. The van der Waals surface area contributed by atoms with E-state index >= 15 is 0 Å². The summed E-state index contributed by atoms with van der Waals surface area (Å²) in [4.78, 5) is 8.75. The van der Waals surface area contributed by atoms with Gasteiger partial charge in [-0.3, -0.25) is 4.98 Å². The highest BCUT2D eigenvalue weighted by Gasteiger charge is 2.28. The number of hydrogen-bond donors (Lipinski definition) is 1. The molecule has 1 N–H and O–H groups in total. The molecule has 3 rings (SSSR count). The molecule has 2 aromatic heterocycles. The van der Waals surface area contributed by atoms with Gasteiger partial charge in [0, 0.05) is 30.9 Å². The van der Waals surface area contributed by atoms with Gasteiger partial charge >= 0.3 is 0 Å². The summed E-state index contributed by atoms with van der Waals surface area (Å²) < 4.78 is 5.78. The van der Waals surface area contributed by atoms with Crippen molar-refractivity contribution in [2.75, 3.05) is 5.32 Å². The van der Waals surface area contributed by atoms with E-state index < -0.39 is 0 Å². The van der Waals surface area contributed by atoms with E-state index in [-0.39, 0.29) is 5.60 Å². The predicted molar refractivity (Wildman–Crippen MR) is 83.1 cm³/mol. The molecule has 0 saturated carbocycles. The van der Waals surface area contributed by atoms with Crippen LogP contribution < -0.4 is 5.32 Å². The second kappa shape index (κ2) is 5.74. The lowest BCUT2D eigenvalue weighted by molar-refractivity contribution is -0.0412. The van der Waals surface area contributed by atoms with Crippen LogP contribution >= 0.6 is 0 Å². The Balaban J connectivity index is 1.86. The van der Waals surface area contributed by atoms with Crippen LogP contribution in [0.5, 0.6) is 0 Å². The van der Waals surface area contributed by atoms with Crippen molar-refractivity contribution in [1.82, 2.24) is 9.97 Å². The summed E-state index contributed by atoms with van der Waals surface area (Å²) in [6.45, 7) is 5.21. The number of fused-ring (bicyclic) bond motifs is 1. The Bertz CT molecular complexity index is 719. The molecular formula is C17H18N4O. The third-order valence-electron chi connectivity index (χ3n) is 3.71. The van der Waals surface area contributed by atoms with Crippen LogP contribution in [-0.2, 0) is 24.3 Å². The van der Waals surface area contributed by atoms with Crippen molar-refractivity contribution in [3.8, 4) is 6.07 Å². The number of ether oxygens (including phenoxy) is 1. The van der Waals surface area contributed by atoms with Crippen LogP contribution in [0.25, 0.3) is 0 Å². The van der Waals surface area contributed by atoms with Gasteiger partial charge in [0.1, 0.15) is 11.9 Å². The summed E-state index contributed by atoms with van der Waals surface area (Å²) in [6.07, 6.45) is 4.29. The van der Waals surface area contributed by atoms with Crippen LogP contribution in [0.1, 0.15) is 36.2 Å². The fourth-order valence-corrected chi connectivity index (χ4v) is 2.51. The van der Waals surface area contributed by atoms with Crippen molar-refractivity contribution in [1.29, 1.82) is 5.26 Å². The van der Waals surface area contributed by atoms with Gasteiger partial charge < -0.3 is 10.1 Å². The maximum absolute atomic E-state index is 9.34. The van der Waals surface area contributed by atoms with Crippen LogP contribution in [0.2, 0.25) is 0 Å². The standard InChI is InChI=1S/C17H18N4O/c1-17(2)7-15-14(11-22-17)6-13(8-18)16(21-15)20-10-12-4-3-5-19-9-12/h3-6,9H,7,10-11H2,1-2H3,(H,20,21). The molecule has 1 aliphatic heterocycles. The Morgan fingerprint density at radius 2 is 2.32 bits per heavy atom. The molecule has 22 heavy (non-hydrogen) atoms. The largest absolute Gasteiger partial charge is 0.370 e. The number of rotatable bonds is 3. The van der Waals surface area contributed by atoms with E-state index in [9.17, 15) is 5.26 Å². The van der Waals surface area contributed by atoms with Gasteiger partial charge in [-0.2, -0.15) is 5.26 Å². The summed E-state index contributed by atoms with van der Waals surface area (Å²) in [5, 5.41) is 12.6. The monoisotopic (exact) mass is 294 g/mol. The summed E-state index contributed by atoms with van der Waals surface area (Å²) in [5.74, 6) is 0.628. The van der Waals surface area contributed by atoms with Crippen molar-refractivity contribution in [2.45, 2.75) is 39.0 Å². The summed E-state index contributed by atoms with van der Waals surface area (Å²) in [5.41, 5.74) is 3.39. The average Bonchev–Trinajstić information content (AvgIpc) is 2.52. The molecule has 0 amide bonds. The second-order valence-electron chi connectivity index (χ2n) is 6.04. The Kier molecular flexibility index (Phi) is 3.78. The molecule has 0 aliphatic carbocycles. The maximum atomic E-state index is 9.34. The molecule has 0 radical (unpaired) electrons. The van der Waals surface area contributed by atoms with Crippen molar-refractivity contribution in [2.24, 2.45) is 0 Å². The van der Waals surface area contributed by atoms with Crippen molar-refractivity contribution < 1.29 is 4.74 Å². The number of anilines is 1. The Morgan fingerprint density at radius 1 is 1.45 bits per heavy atom. The summed E-state index contributed by atoms with van der Waals surface area (Å²) in [7, 11) is 0. The van der Waals surface area contributed by atoms with E-state index in [0.717, 1.165) is 23.2 Å². The van der Waals surface area contributed by atoms with E-state index in [1.807, 2.05) is 18.2 Å². The Labute approximate surface area is 130 Å². The molecule has 5 heteroatoms. The highest BCUT2D eigenvalue weighted by atomic mass is 16.5. The minimum Gasteiger partial charge on any atom is -0.370 e. The first-order valence-corrected chi connectivity index (χ1v) is 7.27. The predicted octanol–water partition coefficient (Wildman–Crippen LogP) is 2.81. The molecule has 3 heterocycles. The Hall–Kier alpha value is -2.45. The van der Waals surface area contributed by atoms with Gasteiger partial charge in [0.2, 0.25) is 0 Å². The minimum atomic E-state index is -0.214. The van der Waals surface area contributed by atoms with E-state index in [2.05, 4.69) is 35.2 Å². The van der Waals surface area contributed by atoms with Crippen molar-refractivity contribution in [3.05, 3.63) is 53.0 Å². The van der Waals surface area contributed by atoms with Gasteiger partial charge in [0.05, 0.1) is 23.5 Å². The summed E-state index contributed by atoms with van der Waals surface area (Å²) >= 11 is 0. The topological polar surface area (TPSA) is 70.8 Å². The van der Waals surface area contributed by atoms with Gasteiger partial charge in [-0.05, 0) is 31.5 Å². The van der Waals surface area contributed by atoms with Crippen LogP contribution in [0.4, 0.5) is 5.82 Å². The van der Waals surface area contributed by atoms with E-state index in [1.54, 1.807) is 12.4 Å². The van der Waals surface area contributed by atoms with Crippen molar-refractivity contribution in [3.63, 3.8) is 0 Å². The number of pyridine rings is 2. The lowest BCUT2D eigenvalue weighted by Gasteiger charge is -2.31. The number of aromatic nitrogens is 2. The zero-order valence-corrected chi connectivity index (χ0v) is 12.8. The molecule has 0 fully saturated rings. The third kappa shape index (κ3) is 3.07. The smallest absolute Gasteiger partial charge is 0.144 e. The number of hydrogen-bond acceptors (Lipinski definition) is 5. The molecule has 0 saturated heterocycles. The molecule has 0 aromatic carbocycles. The lowest BCUT2D eigenvalue weighted by atomic mass is 9.95.